The number of unbranched alkanes of at least 4 members (excludes halogenated alkanes) is 12. The summed E-state index contributed by atoms with van der Waals surface area (Å²) >= 11 is 0. The van der Waals surface area contributed by atoms with Crippen LogP contribution in [0.5, 0.6) is 0 Å². The van der Waals surface area contributed by atoms with Gasteiger partial charge in [0.25, 0.3) is 0 Å². The van der Waals surface area contributed by atoms with Crippen molar-refractivity contribution in [2.75, 3.05) is 19.8 Å². The number of esters is 1. The van der Waals surface area contributed by atoms with Gasteiger partial charge in [0.2, 0.25) is 0 Å². The van der Waals surface area contributed by atoms with E-state index in [9.17, 15) is 4.79 Å². The summed E-state index contributed by atoms with van der Waals surface area (Å²) in [7, 11) is 0. The van der Waals surface area contributed by atoms with Crippen LogP contribution in [0.3, 0.4) is 0 Å². The second-order valence-electron chi connectivity index (χ2n) is 7.78. The molecule has 0 spiro atoms. The van der Waals surface area contributed by atoms with E-state index in [0.29, 0.717) is 6.42 Å². The van der Waals surface area contributed by atoms with Crippen molar-refractivity contribution in [1.29, 1.82) is 0 Å². The van der Waals surface area contributed by atoms with Crippen molar-refractivity contribution in [2.24, 2.45) is 5.41 Å². The van der Waals surface area contributed by atoms with Crippen LogP contribution >= 0.6 is 0 Å². The first-order valence-corrected chi connectivity index (χ1v) is 10.5. The van der Waals surface area contributed by atoms with Crippen LogP contribution in [0, 0.1) is 5.41 Å². The van der Waals surface area contributed by atoms with Crippen molar-refractivity contribution >= 4 is 5.97 Å². The van der Waals surface area contributed by atoms with Gasteiger partial charge in [-0.2, -0.15) is 0 Å². The van der Waals surface area contributed by atoms with Gasteiger partial charge in [-0.15, -0.1) is 0 Å². The van der Waals surface area contributed by atoms with Gasteiger partial charge in [-0.25, -0.2) is 0 Å². The topological polar surface area (TPSA) is 66.8 Å². The number of rotatable bonds is 18. The summed E-state index contributed by atoms with van der Waals surface area (Å²) in [5.74, 6) is -0.226. The average molecular weight is 359 g/mol. The minimum atomic E-state index is -0.730. The highest BCUT2D eigenvalue weighted by Crippen LogP contribution is 2.16. The van der Waals surface area contributed by atoms with Gasteiger partial charge in [0.05, 0.1) is 13.2 Å². The van der Waals surface area contributed by atoms with E-state index >= 15 is 0 Å². The van der Waals surface area contributed by atoms with Crippen molar-refractivity contribution in [2.45, 2.75) is 104 Å². The monoisotopic (exact) mass is 358 g/mol. The summed E-state index contributed by atoms with van der Waals surface area (Å²) < 4.78 is 5.14. The lowest BCUT2D eigenvalue weighted by Gasteiger charge is -2.23. The van der Waals surface area contributed by atoms with Crippen LogP contribution in [0.25, 0.3) is 0 Å². The normalized spacial score (nSPS) is 11.7. The lowest BCUT2D eigenvalue weighted by molar-refractivity contribution is -0.149. The van der Waals surface area contributed by atoms with E-state index in [0.717, 1.165) is 12.8 Å². The minimum absolute atomic E-state index is 0.0806. The third-order valence-corrected chi connectivity index (χ3v) is 4.83. The Balaban J connectivity index is 3.31. The molecule has 0 saturated carbocycles. The van der Waals surface area contributed by atoms with E-state index in [1.807, 2.05) is 0 Å². The molecule has 4 nitrogen and oxygen atoms in total. The van der Waals surface area contributed by atoms with Crippen molar-refractivity contribution in [3.05, 3.63) is 0 Å². The first kappa shape index (κ1) is 24.4. The van der Waals surface area contributed by atoms with Gasteiger partial charge in [0.1, 0.15) is 6.61 Å². The molecule has 0 radical (unpaired) electrons. The van der Waals surface area contributed by atoms with Crippen molar-refractivity contribution < 1.29 is 19.7 Å². The molecule has 2 N–H and O–H groups in total. The predicted molar refractivity (Wildman–Crippen MR) is 104 cm³/mol. The standard InChI is InChI=1S/C21H42O4/c1-3-4-5-6-7-8-9-10-11-12-13-14-15-16-20(24)25-19-21(2,17-22)18-23/h22-23H,3-19H2,1-2H3. The Hall–Kier alpha value is -0.610. The fourth-order valence-corrected chi connectivity index (χ4v) is 2.76. The summed E-state index contributed by atoms with van der Waals surface area (Å²) in [6.07, 6.45) is 17.1. The molecule has 4 heteroatoms. The van der Waals surface area contributed by atoms with Gasteiger partial charge in [0, 0.05) is 11.8 Å². The quantitative estimate of drug-likeness (QED) is 0.267. The first-order valence-electron chi connectivity index (χ1n) is 10.5. The van der Waals surface area contributed by atoms with E-state index in [4.69, 9.17) is 14.9 Å². The van der Waals surface area contributed by atoms with Gasteiger partial charge in [-0.3, -0.25) is 4.79 Å². The van der Waals surface area contributed by atoms with Crippen molar-refractivity contribution in [3.8, 4) is 0 Å². The highest BCUT2D eigenvalue weighted by atomic mass is 16.5. The molecule has 0 rings (SSSR count). The summed E-state index contributed by atoms with van der Waals surface area (Å²) in [4.78, 5) is 11.6. The van der Waals surface area contributed by atoms with Crippen LogP contribution in [0.15, 0.2) is 0 Å². The molecule has 0 aromatic heterocycles. The molecule has 0 atom stereocenters. The van der Waals surface area contributed by atoms with E-state index in [-0.39, 0.29) is 25.8 Å². The number of aliphatic hydroxyl groups is 2. The molecular formula is C21H42O4. The third kappa shape index (κ3) is 15.4. The maximum Gasteiger partial charge on any atom is 0.305 e. The van der Waals surface area contributed by atoms with Crippen LogP contribution in [-0.4, -0.2) is 36.0 Å². The van der Waals surface area contributed by atoms with Crippen LogP contribution in [0.1, 0.15) is 104 Å². The van der Waals surface area contributed by atoms with Crippen LogP contribution in [-0.2, 0) is 9.53 Å². The zero-order valence-electron chi connectivity index (χ0n) is 16.7. The van der Waals surface area contributed by atoms with E-state index in [1.54, 1.807) is 6.92 Å². The van der Waals surface area contributed by atoms with E-state index in [2.05, 4.69) is 6.92 Å². The fourth-order valence-electron chi connectivity index (χ4n) is 2.76. The van der Waals surface area contributed by atoms with Crippen LogP contribution < -0.4 is 0 Å². The number of hydrogen-bond donors (Lipinski definition) is 2. The third-order valence-electron chi connectivity index (χ3n) is 4.83. The molecule has 0 aliphatic rings. The highest BCUT2D eigenvalue weighted by Gasteiger charge is 2.24. The highest BCUT2D eigenvalue weighted by molar-refractivity contribution is 5.69. The zero-order chi connectivity index (χ0) is 18.8. The molecule has 25 heavy (non-hydrogen) atoms. The molecule has 0 saturated heterocycles. The molecule has 0 aromatic rings. The molecule has 0 bridgehead atoms. The summed E-state index contributed by atoms with van der Waals surface area (Å²) in [5, 5.41) is 18.3. The first-order chi connectivity index (χ1) is 12.1. The number of aliphatic hydroxyl groups excluding tert-OH is 2. The number of ether oxygens (including phenoxy) is 1. The fraction of sp³-hybridized carbons (Fsp3) is 0.952. The van der Waals surface area contributed by atoms with Gasteiger partial charge < -0.3 is 14.9 Å². The smallest absolute Gasteiger partial charge is 0.305 e. The summed E-state index contributed by atoms with van der Waals surface area (Å²) in [6.45, 7) is 3.67. The molecule has 0 aromatic carbocycles. The molecule has 150 valence electrons. The van der Waals surface area contributed by atoms with Gasteiger partial charge in [-0.1, -0.05) is 90.9 Å². The molecule has 0 aliphatic heterocycles. The Morgan fingerprint density at radius 1 is 0.760 bits per heavy atom. The minimum Gasteiger partial charge on any atom is -0.465 e. The predicted octanol–water partition coefficient (Wildman–Crippen LogP) is 5.00. The maximum atomic E-state index is 11.6. The van der Waals surface area contributed by atoms with Gasteiger partial charge in [0.15, 0.2) is 0 Å². The number of carbonyl (C=O) groups is 1. The van der Waals surface area contributed by atoms with Gasteiger partial charge >= 0.3 is 5.97 Å². The van der Waals surface area contributed by atoms with Crippen LogP contribution in [0.2, 0.25) is 0 Å². The second-order valence-corrected chi connectivity index (χ2v) is 7.78. The van der Waals surface area contributed by atoms with E-state index in [1.165, 1.54) is 70.6 Å². The maximum absolute atomic E-state index is 11.6. The molecular weight excluding hydrogens is 316 g/mol. The summed E-state index contributed by atoms with van der Waals surface area (Å²) in [6, 6.07) is 0. The lowest BCUT2D eigenvalue weighted by atomic mass is 9.94. The molecule has 0 unspecified atom stereocenters. The Morgan fingerprint density at radius 2 is 1.16 bits per heavy atom. The van der Waals surface area contributed by atoms with Crippen molar-refractivity contribution in [1.82, 2.24) is 0 Å². The molecule has 0 fully saturated rings. The molecule has 0 heterocycles. The SMILES string of the molecule is CCCCCCCCCCCCCCCC(=O)OCC(C)(CO)CO. The van der Waals surface area contributed by atoms with E-state index < -0.39 is 5.41 Å². The average Bonchev–Trinajstić information content (AvgIpc) is 2.63. The Labute approximate surface area is 155 Å². The largest absolute Gasteiger partial charge is 0.465 e. The summed E-state index contributed by atoms with van der Waals surface area (Å²) in [5.41, 5.74) is -0.730. The Bertz CT molecular complexity index is 300. The Kier molecular flexibility index (Phi) is 16.4. The molecule has 0 amide bonds. The lowest BCUT2D eigenvalue weighted by Crippen LogP contribution is -2.32. The van der Waals surface area contributed by atoms with Gasteiger partial charge in [-0.05, 0) is 6.42 Å². The Morgan fingerprint density at radius 3 is 1.56 bits per heavy atom. The zero-order valence-corrected chi connectivity index (χ0v) is 16.7. The van der Waals surface area contributed by atoms with Crippen molar-refractivity contribution in [3.63, 3.8) is 0 Å². The number of carbonyl (C=O) groups excluding carboxylic acids is 1. The second kappa shape index (κ2) is 16.8. The van der Waals surface area contributed by atoms with Crippen LogP contribution in [0.4, 0.5) is 0 Å². The number of hydrogen-bond acceptors (Lipinski definition) is 4. The molecule has 0 aliphatic carbocycles.